The van der Waals surface area contributed by atoms with Gasteiger partial charge in [0.25, 0.3) is 0 Å². The number of amides is 2. The molecule has 2 atom stereocenters. The summed E-state index contributed by atoms with van der Waals surface area (Å²) in [6.07, 6.45) is 0.432. The normalized spacial score (nSPS) is 12.6. The zero-order chi connectivity index (χ0) is 19.2. The second kappa shape index (κ2) is 13.8. The molecule has 10 heteroatoms. The average Bonchev–Trinajstić information content (AvgIpc) is 2.56. The largest absolute Gasteiger partial charge is 0.465 e. The van der Waals surface area contributed by atoms with Crippen LogP contribution in [-0.2, 0) is 28.7 Å². The highest BCUT2D eigenvalue weighted by molar-refractivity contribution is 7.80. The van der Waals surface area contributed by atoms with Crippen molar-refractivity contribution in [2.24, 2.45) is 11.8 Å². The Morgan fingerprint density at radius 3 is 1.44 bits per heavy atom. The smallest absolute Gasteiger partial charge is 0.319 e. The van der Waals surface area contributed by atoms with E-state index in [0.29, 0.717) is 6.42 Å². The maximum absolute atomic E-state index is 11.9. The number of hydrogen-bond acceptors (Lipinski definition) is 8. The average molecular weight is 395 g/mol. The summed E-state index contributed by atoms with van der Waals surface area (Å²) < 4.78 is 9.60. The minimum Gasteiger partial charge on any atom is -0.465 e. The number of carbonyl (C=O) groups is 4. The number of ether oxygens (including phenoxy) is 2. The molecule has 8 nitrogen and oxygen atoms in total. The Hall–Kier alpha value is -1.42. The van der Waals surface area contributed by atoms with Crippen molar-refractivity contribution >= 4 is 49.0 Å². The van der Waals surface area contributed by atoms with Crippen molar-refractivity contribution in [3.05, 3.63) is 0 Å². The van der Waals surface area contributed by atoms with Gasteiger partial charge in [-0.3, -0.25) is 19.2 Å². The Kier molecular flexibility index (Phi) is 13.0. The maximum atomic E-state index is 11.9. The van der Waals surface area contributed by atoms with Crippen LogP contribution in [0.25, 0.3) is 0 Å². The Morgan fingerprint density at radius 2 is 1.16 bits per heavy atom. The molecular weight excluding hydrogens is 368 g/mol. The van der Waals surface area contributed by atoms with Gasteiger partial charge in [-0.1, -0.05) is 0 Å². The first-order chi connectivity index (χ1) is 11.9. The van der Waals surface area contributed by atoms with Crippen LogP contribution in [0.15, 0.2) is 0 Å². The van der Waals surface area contributed by atoms with Crippen molar-refractivity contribution in [3.63, 3.8) is 0 Å². The van der Waals surface area contributed by atoms with Gasteiger partial charge in [0.2, 0.25) is 11.8 Å². The lowest BCUT2D eigenvalue weighted by Crippen LogP contribution is -2.40. The van der Waals surface area contributed by atoms with Crippen molar-refractivity contribution in [1.29, 1.82) is 0 Å². The number of rotatable bonds is 12. The Labute approximate surface area is 158 Å². The molecular formula is C15H26N2O6S2. The minimum absolute atomic E-state index is 0.0462. The molecule has 0 aliphatic rings. The highest BCUT2D eigenvalue weighted by Gasteiger charge is 2.27. The number of thiol groups is 2. The minimum atomic E-state index is -0.963. The molecule has 0 aromatic heterocycles. The zero-order valence-electron chi connectivity index (χ0n) is 14.4. The van der Waals surface area contributed by atoms with Gasteiger partial charge in [0.1, 0.15) is 11.8 Å². The van der Waals surface area contributed by atoms with Gasteiger partial charge >= 0.3 is 11.9 Å². The predicted molar refractivity (Wildman–Crippen MR) is 98.6 cm³/mol. The number of esters is 2. The van der Waals surface area contributed by atoms with E-state index in [0.717, 1.165) is 0 Å². The van der Waals surface area contributed by atoms with Gasteiger partial charge in [-0.15, -0.1) is 0 Å². The van der Waals surface area contributed by atoms with E-state index in [1.807, 2.05) is 0 Å². The first-order valence-electron chi connectivity index (χ1n) is 8.03. The fraction of sp³-hybridized carbons (Fsp3) is 0.733. The lowest BCUT2D eigenvalue weighted by molar-refractivity contribution is -0.152. The molecule has 0 saturated heterocycles. The van der Waals surface area contributed by atoms with Gasteiger partial charge < -0.3 is 20.1 Å². The summed E-state index contributed by atoms with van der Waals surface area (Å²) in [5, 5.41) is 5.17. The SMILES string of the molecule is CCOC(=O)C(CS)C(=O)NCCCNC(=O)C(CS)C(=O)OCC. The van der Waals surface area contributed by atoms with E-state index in [1.54, 1.807) is 13.8 Å². The second-order valence-corrected chi connectivity index (χ2v) is 5.64. The molecule has 0 radical (unpaired) electrons. The number of hydrogen-bond donors (Lipinski definition) is 4. The molecule has 2 N–H and O–H groups in total. The fourth-order valence-corrected chi connectivity index (χ4v) is 2.40. The molecule has 0 aromatic carbocycles. The van der Waals surface area contributed by atoms with Gasteiger partial charge in [0.05, 0.1) is 13.2 Å². The van der Waals surface area contributed by atoms with E-state index in [-0.39, 0.29) is 37.8 Å². The third-order valence-corrected chi connectivity index (χ3v) is 3.82. The first kappa shape index (κ1) is 23.6. The Balaban J connectivity index is 4.15. The van der Waals surface area contributed by atoms with Crippen molar-refractivity contribution in [3.8, 4) is 0 Å². The van der Waals surface area contributed by atoms with Gasteiger partial charge in [-0.05, 0) is 20.3 Å². The molecule has 2 unspecified atom stereocenters. The monoisotopic (exact) mass is 394 g/mol. The van der Waals surface area contributed by atoms with Crippen LogP contribution in [0.1, 0.15) is 20.3 Å². The highest BCUT2D eigenvalue weighted by Crippen LogP contribution is 2.04. The van der Waals surface area contributed by atoms with Crippen LogP contribution in [0.5, 0.6) is 0 Å². The molecule has 0 fully saturated rings. The molecule has 0 rings (SSSR count). The van der Waals surface area contributed by atoms with Gasteiger partial charge in [-0.25, -0.2) is 0 Å². The van der Waals surface area contributed by atoms with E-state index in [4.69, 9.17) is 9.47 Å². The van der Waals surface area contributed by atoms with E-state index >= 15 is 0 Å². The van der Waals surface area contributed by atoms with E-state index in [2.05, 4.69) is 35.9 Å². The van der Waals surface area contributed by atoms with Crippen LogP contribution in [0.3, 0.4) is 0 Å². The summed E-state index contributed by atoms with van der Waals surface area (Å²) in [5.74, 6) is -4.01. The zero-order valence-corrected chi connectivity index (χ0v) is 16.2. The highest BCUT2D eigenvalue weighted by atomic mass is 32.1. The molecule has 2 amide bonds. The van der Waals surface area contributed by atoms with E-state index in [1.165, 1.54) is 0 Å². The van der Waals surface area contributed by atoms with Crippen LogP contribution in [0, 0.1) is 11.8 Å². The molecule has 0 aromatic rings. The summed E-state index contributed by atoms with van der Waals surface area (Å²) in [6.45, 7) is 4.21. The Bertz CT molecular complexity index is 421. The van der Waals surface area contributed by atoms with Crippen LogP contribution in [0.4, 0.5) is 0 Å². The van der Waals surface area contributed by atoms with E-state index in [9.17, 15) is 19.2 Å². The second-order valence-electron chi connectivity index (χ2n) is 4.91. The fourth-order valence-electron chi connectivity index (χ4n) is 1.77. The molecule has 0 spiro atoms. The predicted octanol–water partition coefficient (Wildman–Crippen LogP) is -0.173. The molecule has 25 heavy (non-hydrogen) atoms. The lowest BCUT2D eigenvalue weighted by atomic mass is 10.1. The summed E-state index contributed by atoms with van der Waals surface area (Å²) in [4.78, 5) is 46.9. The molecule has 0 saturated carbocycles. The third-order valence-electron chi connectivity index (χ3n) is 3.09. The summed E-state index contributed by atoms with van der Waals surface area (Å²) >= 11 is 7.95. The van der Waals surface area contributed by atoms with Gasteiger partial charge in [0, 0.05) is 24.6 Å². The molecule has 144 valence electrons. The van der Waals surface area contributed by atoms with Crippen molar-refractivity contribution < 1.29 is 28.7 Å². The summed E-state index contributed by atoms with van der Waals surface area (Å²) in [6, 6.07) is 0. The van der Waals surface area contributed by atoms with E-state index < -0.39 is 35.6 Å². The van der Waals surface area contributed by atoms with Crippen LogP contribution < -0.4 is 10.6 Å². The van der Waals surface area contributed by atoms with Crippen molar-refractivity contribution in [1.82, 2.24) is 10.6 Å². The summed E-state index contributed by atoms with van der Waals surface area (Å²) in [7, 11) is 0. The van der Waals surface area contributed by atoms with Crippen LogP contribution in [-0.4, -0.2) is 61.6 Å². The first-order valence-corrected chi connectivity index (χ1v) is 9.29. The lowest BCUT2D eigenvalue weighted by Gasteiger charge is -2.15. The van der Waals surface area contributed by atoms with Crippen molar-refractivity contribution in [2.45, 2.75) is 20.3 Å². The van der Waals surface area contributed by atoms with Gasteiger partial charge in [0.15, 0.2) is 0 Å². The number of carbonyl (C=O) groups excluding carboxylic acids is 4. The molecule has 0 aliphatic carbocycles. The summed E-state index contributed by atoms with van der Waals surface area (Å²) in [5.41, 5.74) is 0. The van der Waals surface area contributed by atoms with Crippen LogP contribution >= 0.6 is 25.3 Å². The van der Waals surface area contributed by atoms with Gasteiger partial charge in [-0.2, -0.15) is 25.3 Å². The topological polar surface area (TPSA) is 111 Å². The quantitative estimate of drug-likeness (QED) is 0.158. The Morgan fingerprint density at radius 1 is 0.800 bits per heavy atom. The third kappa shape index (κ3) is 9.01. The molecule has 0 aliphatic heterocycles. The van der Waals surface area contributed by atoms with Crippen LogP contribution in [0.2, 0.25) is 0 Å². The van der Waals surface area contributed by atoms with Crippen molar-refractivity contribution in [2.75, 3.05) is 37.8 Å². The number of nitrogens with one attached hydrogen (secondary N) is 2. The molecule has 0 heterocycles. The maximum Gasteiger partial charge on any atom is 0.319 e. The standard InChI is InChI=1S/C15H26N2O6S2/c1-3-22-14(20)10(8-24)12(18)16-6-5-7-17-13(19)11(9-25)15(21)23-4-2/h10-11,24-25H,3-9H2,1-2H3,(H,16,18)(H,17,19). The molecule has 0 bridgehead atoms.